The van der Waals surface area contributed by atoms with E-state index in [1.807, 2.05) is 42.5 Å². The number of carbonyl (C=O) groups is 1. The van der Waals surface area contributed by atoms with Crippen LogP contribution in [0, 0.1) is 0 Å². The van der Waals surface area contributed by atoms with Crippen molar-refractivity contribution in [2.24, 2.45) is 5.73 Å². The van der Waals surface area contributed by atoms with E-state index in [0.717, 1.165) is 17.5 Å². The first-order chi connectivity index (χ1) is 17.1. The van der Waals surface area contributed by atoms with Crippen molar-refractivity contribution in [3.8, 4) is 11.4 Å². The van der Waals surface area contributed by atoms with Crippen LogP contribution in [0.4, 0.5) is 17.6 Å². The quantitative estimate of drug-likeness (QED) is 0.293. The van der Waals surface area contributed by atoms with Crippen molar-refractivity contribution in [1.82, 2.24) is 25.3 Å². The molecule has 0 aliphatic carbocycles. The molecular formula is C26H28N8O. The second-order valence-electron chi connectivity index (χ2n) is 8.07. The van der Waals surface area contributed by atoms with Crippen molar-refractivity contribution in [3.63, 3.8) is 0 Å². The van der Waals surface area contributed by atoms with E-state index in [9.17, 15) is 4.79 Å². The van der Waals surface area contributed by atoms with Crippen molar-refractivity contribution in [3.05, 3.63) is 89.7 Å². The second-order valence-corrected chi connectivity index (χ2v) is 8.07. The first kappa shape index (κ1) is 23.8. The van der Waals surface area contributed by atoms with Gasteiger partial charge in [-0.3, -0.25) is 4.79 Å². The van der Waals surface area contributed by atoms with Gasteiger partial charge >= 0.3 is 0 Å². The van der Waals surface area contributed by atoms with Gasteiger partial charge in [-0.2, -0.15) is 4.98 Å². The third kappa shape index (κ3) is 6.15. The zero-order valence-corrected chi connectivity index (χ0v) is 19.7. The summed E-state index contributed by atoms with van der Waals surface area (Å²) in [7, 11) is 1.56. The number of aromatic nitrogens is 4. The van der Waals surface area contributed by atoms with Crippen LogP contribution in [-0.2, 0) is 13.0 Å². The molecule has 1 amide bonds. The van der Waals surface area contributed by atoms with Crippen LogP contribution in [0.2, 0.25) is 0 Å². The van der Waals surface area contributed by atoms with Crippen LogP contribution in [0.25, 0.3) is 11.4 Å². The second kappa shape index (κ2) is 11.2. The summed E-state index contributed by atoms with van der Waals surface area (Å²) in [6.07, 6.45) is 3.95. The van der Waals surface area contributed by atoms with E-state index in [2.05, 4.69) is 54.9 Å². The number of benzene rings is 2. The van der Waals surface area contributed by atoms with Gasteiger partial charge in [0.15, 0.2) is 5.82 Å². The van der Waals surface area contributed by atoms with Gasteiger partial charge in [0.25, 0.3) is 5.91 Å². The molecule has 0 bridgehead atoms. The predicted octanol–water partition coefficient (Wildman–Crippen LogP) is 3.54. The lowest BCUT2D eigenvalue weighted by molar-refractivity contribution is 0.0963. The average molecular weight is 469 g/mol. The number of anilines is 3. The Morgan fingerprint density at radius 3 is 2.57 bits per heavy atom. The average Bonchev–Trinajstić information content (AvgIpc) is 2.89. The zero-order chi connectivity index (χ0) is 24.6. The summed E-state index contributed by atoms with van der Waals surface area (Å²) < 4.78 is 0. The molecule has 0 aliphatic rings. The first-order valence-electron chi connectivity index (χ1n) is 11.3. The lowest BCUT2D eigenvalue weighted by Gasteiger charge is -2.15. The van der Waals surface area contributed by atoms with Crippen LogP contribution >= 0.6 is 0 Å². The molecule has 0 aliphatic heterocycles. The molecule has 0 saturated carbocycles. The molecule has 4 aromatic rings. The molecule has 5 N–H and O–H groups in total. The standard InChI is InChI=1S/C26H28N8O/c1-17(13-18-7-6-8-19(14-18)15-27)31-26-29-12-11-22(33-26)32-24-21(25(35)28-2)16-30-23(34-24)20-9-4-3-5-10-20/h3-12,14,16-17H,13,15,27H2,1-2H3,(H,28,35)(H2,29,30,31,32,33,34). The molecule has 35 heavy (non-hydrogen) atoms. The summed E-state index contributed by atoms with van der Waals surface area (Å²) in [5.74, 6) is 1.53. The van der Waals surface area contributed by atoms with Crippen LogP contribution < -0.4 is 21.7 Å². The van der Waals surface area contributed by atoms with Crippen LogP contribution in [0.5, 0.6) is 0 Å². The number of nitrogens with two attached hydrogens (primary N) is 1. The number of carbonyl (C=O) groups excluding carboxylic acids is 1. The third-order valence-electron chi connectivity index (χ3n) is 5.34. The fraction of sp³-hybridized carbons (Fsp3) is 0.192. The highest BCUT2D eigenvalue weighted by Gasteiger charge is 2.16. The first-order valence-corrected chi connectivity index (χ1v) is 11.3. The minimum Gasteiger partial charge on any atom is -0.355 e. The van der Waals surface area contributed by atoms with E-state index >= 15 is 0 Å². The largest absolute Gasteiger partial charge is 0.355 e. The fourth-order valence-electron chi connectivity index (χ4n) is 3.63. The molecule has 1 atom stereocenters. The lowest BCUT2D eigenvalue weighted by Crippen LogP contribution is -2.21. The Hall–Kier alpha value is -4.37. The number of hydrogen-bond donors (Lipinski definition) is 4. The van der Waals surface area contributed by atoms with E-state index in [1.54, 1.807) is 19.3 Å². The van der Waals surface area contributed by atoms with Crippen LogP contribution in [0.15, 0.2) is 73.1 Å². The van der Waals surface area contributed by atoms with Crippen molar-refractivity contribution in [1.29, 1.82) is 0 Å². The van der Waals surface area contributed by atoms with Gasteiger partial charge in [0.2, 0.25) is 5.95 Å². The molecule has 0 radical (unpaired) electrons. The van der Waals surface area contributed by atoms with Crippen LogP contribution in [-0.4, -0.2) is 38.9 Å². The number of nitrogens with zero attached hydrogens (tertiary/aromatic N) is 4. The molecular weight excluding hydrogens is 440 g/mol. The SMILES string of the molecule is CNC(=O)c1cnc(-c2ccccc2)nc1Nc1ccnc(NC(C)Cc2cccc(CN)c2)n1. The van der Waals surface area contributed by atoms with E-state index in [0.29, 0.717) is 35.5 Å². The third-order valence-corrected chi connectivity index (χ3v) is 5.34. The Bertz CT molecular complexity index is 1300. The van der Waals surface area contributed by atoms with Gasteiger partial charge in [0.05, 0.1) is 0 Å². The molecule has 0 fully saturated rings. The lowest BCUT2D eigenvalue weighted by atomic mass is 10.0. The summed E-state index contributed by atoms with van der Waals surface area (Å²) in [5.41, 5.74) is 9.20. The van der Waals surface area contributed by atoms with Crippen LogP contribution in [0.3, 0.4) is 0 Å². The molecule has 2 aromatic heterocycles. The molecule has 178 valence electrons. The molecule has 2 aromatic carbocycles. The maximum atomic E-state index is 12.4. The summed E-state index contributed by atoms with van der Waals surface area (Å²) in [6, 6.07) is 19.6. The highest BCUT2D eigenvalue weighted by Crippen LogP contribution is 2.22. The molecule has 0 saturated heterocycles. The van der Waals surface area contributed by atoms with Gasteiger partial charge in [-0.1, -0.05) is 54.6 Å². The number of amides is 1. The van der Waals surface area contributed by atoms with E-state index in [1.165, 1.54) is 11.8 Å². The number of rotatable bonds is 9. The molecule has 9 nitrogen and oxygen atoms in total. The zero-order valence-electron chi connectivity index (χ0n) is 19.7. The Kier molecular flexibility index (Phi) is 7.59. The van der Waals surface area contributed by atoms with Crippen molar-refractivity contribution >= 4 is 23.5 Å². The fourth-order valence-corrected chi connectivity index (χ4v) is 3.63. The Morgan fingerprint density at radius 2 is 1.80 bits per heavy atom. The molecule has 2 heterocycles. The summed E-state index contributed by atoms with van der Waals surface area (Å²) in [4.78, 5) is 30.3. The monoisotopic (exact) mass is 468 g/mol. The van der Waals surface area contributed by atoms with Crippen molar-refractivity contribution in [2.45, 2.75) is 25.9 Å². The maximum Gasteiger partial charge on any atom is 0.256 e. The van der Waals surface area contributed by atoms with Crippen LogP contribution in [0.1, 0.15) is 28.4 Å². The molecule has 4 rings (SSSR count). The summed E-state index contributed by atoms with van der Waals surface area (Å²) in [5, 5.41) is 9.12. The van der Waals surface area contributed by atoms with Gasteiger partial charge in [-0.25, -0.2) is 15.0 Å². The van der Waals surface area contributed by atoms with Gasteiger partial charge in [0, 0.05) is 37.6 Å². The Labute approximate surface area is 204 Å². The summed E-state index contributed by atoms with van der Waals surface area (Å²) in [6.45, 7) is 2.58. The van der Waals surface area contributed by atoms with Gasteiger partial charge in [-0.05, 0) is 30.5 Å². The number of nitrogens with one attached hydrogen (secondary N) is 3. The highest BCUT2D eigenvalue weighted by molar-refractivity contribution is 5.99. The summed E-state index contributed by atoms with van der Waals surface area (Å²) >= 11 is 0. The normalized spacial score (nSPS) is 11.5. The minimum absolute atomic E-state index is 0.0865. The maximum absolute atomic E-state index is 12.4. The number of hydrogen-bond acceptors (Lipinski definition) is 8. The van der Waals surface area contributed by atoms with Gasteiger partial charge in [0.1, 0.15) is 17.2 Å². The van der Waals surface area contributed by atoms with Gasteiger partial charge < -0.3 is 21.7 Å². The van der Waals surface area contributed by atoms with Crippen molar-refractivity contribution in [2.75, 3.05) is 17.7 Å². The minimum atomic E-state index is -0.298. The van der Waals surface area contributed by atoms with Crippen molar-refractivity contribution < 1.29 is 4.79 Å². The van der Waals surface area contributed by atoms with E-state index in [-0.39, 0.29) is 11.9 Å². The van der Waals surface area contributed by atoms with E-state index in [4.69, 9.17) is 5.73 Å². The smallest absolute Gasteiger partial charge is 0.256 e. The molecule has 9 heteroatoms. The predicted molar refractivity (Wildman–Crippen MR) is 137 cm³/mol. The van der Waals surface area contributed by atoms with E-state index < -0.39 is 0 Å². The topological polar surface area (TPSA) is 131 Å². The Morgan fingerprint density at radius 1 is 1.00 bits per heavy atom. The molecule has 1 unspecified atom stereocenters. The van der Waals surface area contributed by atoms with Gasteiger partial charge in [-0.15, -0.1) is 0 Å². The highest BCUT2D eigenvalue weighted by atomic mass is 16.1. The molecule has 0 spiro atoms. The Balaban J connectivity index is 1.53.